The summed E-state index contributed by atoms with van der Waals surface area (Å²) < 4.78 is 11.9. The van der Waals surface area contributed by atoms with Crippen molar-refractivity contribution in [3.63, 3.8) is 0 Å². The van der Waals surface area contributed by atoms with Crippen molar-refractivity contribution < 1.29 is 19.1 Å². The van der Waals surface area contributed by atoms with Crippen LogP contribution in [-0.2, 0) is 11.3 Å². The van der Waals surface area contributed by atoms with Gasteiger partial charge in [-0.05, 0) is 28.5 Å². The van der Waals surface area contributed by atoms with Gasteiger partial charge in [0.15, 0.2) is 17.3 Å². The Morgan fingerprint density at radius 2 is 2.18 bits per heavy atom. The second-order valence-corrected chi connectivity index (χ2v) is 7.52. The molecule has 0 radical (unpaired) electrons. The first kappa shape index (κ1) is 21.9. The Balaban J connectivity index is 1.59. The first-order valence-electron chi connectivity index (χ1n) is 9.26. The number of rotatable bonds is 7. The molecule has 0 aliphatic carbocycles. The molecule has 0 aliphatic heterocycles. The van der Waals surface area contributed by atoms with Crippen molar-refractivity contribution in [1.29, 1.82) is 0 Å². The van der Waals surface area contributed by atoms with Gasteiger partial charge in [-0.1, -0.05) is 28.1 Å². The third-order valence-electron chi connectivity index (χ3n) is 4.54. The number of nitrogens with two attached hydrogens (primary N) is 1. The van der Waals surface area contributed by atoms with Gasteiger partial charge in [0, 0.05) is 16.1 Å². The number of hydrazone groups is 1. The Morgan fingerprint density at radius 1 is 1.39 bits per heavy atom. The largest absolute Gasteiger partial charge is 0.490 e. The molecule has 0 spiro atoms. The minimum Gasteiger partial charge on any atom is -0.490 e. The summed E-state index contributed by atoms with van der Waals surface area (Å²) >= 11 is 3.21. The third-order valence-corrected chi connectivity index (χ3v) is 5.00. The minimum absolute atomic E-state index is 0.0121. The number of halogens is 1. The van der Waals surface area contributed by atoms with Gasteiger partial charge in [0.1, 0.15) is 6.54 Å². The summed E-state index contributed by atoms with van der Waals surface area (Å²) in [6.07, 6.45) is 1.25. The molecule has 0 unspecified atom stereocenters. The van der Waals surface area contributed by atoms with Gasteiger partial charge in [-0.15, -0.1) is 0 Å². The standard InChI is InChI=1S/C19H15BrN8O5/c1-32-17-10(6-11(20)7-14(17)28(30)31)8-22-24-15(29)9-27-13-5-3-2-4-12(13)23-19(27)16-18(21)26-33-25-16/h2-8H,9H2,1H3,(H2,21,26)(H,24,29)/b22-8-. The number of amides is 1. The lowest BCUT2D eigenvalue weighted by Gasteiger charge is -2.08. The van der Waals surface area contributed by atoms with Crippen LogP contribution in [0.2, 0.25) is 0 Å². The zero-order valence-corrected chi connectivity index (χ0v) is 18.5. The maximum absolute atomic E-state index is 12.6. The van der Waals surface area contributed by atoms with Crippen molar-refractivity contribution in [2.24, 2.45) is 5.10 Å². The number of fused-ring (bicyclic) bond motifs is 1. The monoisotopic (exact) mass is 514 g/mol. The Kier molecular flexibility index (Phi) is 5.99. The lowest BCUT2D eigenvalue weighted by atomic mass is 10.2. The van der Waals surface area contributed by atoms with Crippen LogP contribution in [0.4, 0.5) is 11.5 Å². The van der Waals surface area contributed by atoms with Gasteiger partial charge in [0.25, 0.3) is 5.91 Å². The quantitative estimate of drug-likeness (QED) is 0.213. The molecule has 4 aromatic rings. The predicted molar refractivity (Wildman–Crippen MR) is 121 cm³/mol. The number of anilines is 1. The van der Waals surface area contributed by atoms with Gasteiger partial charge in [-0.25, -0.2) is 15.0 Å². The number of ether oxygens (including phenoxy) is 1. The predicted octanol–water partition coefficient (Wildman–Crippen LogP) is 2.50. The third kappa shape index (κ3) is 4.36. The van der Waals surface area contributed by atoms with Crippen molar-refractivity contribution in [3.8, 4) is 17.3 Å². The molecule has 0 bridgehead atoms. The van der Waals surface area contributed by atoms with Gasteiger partial charge in [-0.3, -0.25) is 14.9 Å². The molecule has 3 N–H and O–H groups in total. The molecule has 2 aromatic heterocycles. The molecule has 1 amide bonds. The highest BCUT2D eigenvalue weighted by molar-refractivity contribution is 9.10. The molecule has 0 atom stereocenters. The van der Waals surface area contributed by atoms with E-state index in [1.807, 2.05) is 6.07 Å². The molecule has 4 rings (SSSR count). The number of nitrogens with zero attached hydrogens (tertiary/aromatic N) is 6. The Labute approximate surface area is 193 Å². The van der Waals surface area contributed by atoms with Crippen LogP contribution in [0.25, 0.3) is 22.6 Å². The molecule has 2 aromatic carbocycles. The number of carbonyl (C=O) groups is 1. The number of nitrogen functional groups attached to an aromatic ring is 1. The smallest absolute Gasteiger partial charge is 0.312 e. The highest BCUT2D eigenvalue weighted by Gasteiger charge is 2.21. The van der Waals surface area contributed by atoms with Crippen LogP contribution in [-0.4, -0.2) is 44.0 Å². The lowest BCUT2D eigenvalue weighted by Crippen LogP contribution is -2.23. The number of methoxy groups -OCH3 is 1. The normalized spacial score (nSPS) is 11.2. The fourth-order valence-corrected chi connectivity index (χ4v) is 3.64. The molecule has 2 heterocycles. The molecule has 0 aliphatic rings. The Morgan fingerprint density at radius 3 is 2.88 bits per heavy atom. The summed E-state index contributed by atoms with van der Waals surface area (Å²) in [5.41, 5.74) is 9.74. The molecule has 33 heavy (non-hydrogen) atoms. The molecular weight excluding hydrogens is 500 g/mol. The fourth-order valence-electron chi connectivity index (χ4n) is 3.17. The average molecular weight is 515 g/mol. The highest BCUT2D eigenvalue weighted by Crippen LogP contribution is 2.33. The summed E-state index contributed by atoms with van der Waals surface area (Å²) in [6.45, 7) is -0.171. The van der Waals surface area contributed by atoms with Crippen molar-refractivity contribution >= 4 is 50.6 Å². The number of para-hydroxylation sites is 2. The van der Waals surface area contributed by atoms with E-state index in [9.17, 15) is 14.9 Å². The summed E-state index contributed by atoms with van der Waals surface area (Å²) in [5, 5.41) is 22.5. The van der Waals surface area contributed by atoms with Crippen LogP contribution >= 0.6 is 15.9 Å². The number of nitro benzene ring substituents is 1. The van der Waals surface area contributed by atoms with E-state index in [2.05, 4.69) is 46.4 Å². The summed E-state index contributed by atoms with van der Waals surface area (Å²) in [4.78, 5) is 27.8. The summed E-state index contributed by atoms with van der Waals surface area (Å²) in [7, 11) is 1.31. The first-order chi connectivity index (χ1) is 15.9. The van der Waals surface area contributed by atoms with Crippen LogP contribution in [0.15, 0.2) is 50.6 Å². The van der Waals surface area contributed by atoms with Crippen molar-refractivity contribution in [2.75, 3.05) is 12.8 Å². The zero-order chi connectivity index (χ0) is 23.5. The minimum atomic E-state index is -0.574. The van der Waals surface area contributed by atoms with Crippen molar-refractivity contribution in [2.45, 2.75) is 6.54 Å². The highest BCUT2D eigenvalue weighted by atomic mass is 79.9. The van der Waals surface area contributed by atoms with Crippen LogP contribution in [0.5, 0.6) is 5.75 Å². The molecule has 14 heteroatoms. The molecule has 168 valence electrons. The number of benzene rings is 2. The van der Waals surface area contributed by atoms with Crippen LogP contribution < -0.4 is 15.9 Å². The number of aromatic nitrogens is 4. The summed E-state index contributed by atoms with van der Waals surface area (Å²) in [5.74, 6) is -0.140. The van der Waals surface area contributed by atoms with E-state index < -0.39 is 10.8 Å². The SMILES string of the molecule is COc1c(/C=N\NC(=O)Cn2c(-c3nonc3N)nc3ccccc32)cc(Br)cc1[N+](=O)[O-]. The van der Waals surface area contributed by atoms with E-state index in [-0.39, 0.29) is 29.5 Å². The maximum Gasteiger partial charge on any atom is 0.312 e. The van der Waals surface area contributed by atoms with Gasteiger partial charge in [0.2, 0.25) is 5.75 Å². The molecule has 0 saturated heterocycles. The van der Waals surface area contributed by atoms with Crippen LogP contribution in [0, 0.1) is 10.1 Å². The van der Waals surface area contributed by atoms with Crippen molar-refractivity contribution in [3.05, 3.63) is 56.5 Å². The lowest BCUT2D eigenvalue weighted by molar-refractivity contribution is -0.385. The first-order valence-corrected chi connectivity index (χ1v) is 10.1. The molecule has 0 fully saturated rings. The molecule has 13 nitrogen and oxygen atoms in total. The van der Waals surface area contributed by atoms with Gasteiger partial charge in [0.05, 0.1) is 29.3 Å². The number of nitrogens with one attached hydrogen (secondary N) is 1. The fraction of sp³-hybridized carbons (Fsp3) is 0.105. The Hall–Kier alpha value is -4.33. The van der Waals surface area contributed by atoms with E-state index in [4.69, 9.17) is 10.5 Å². The van der Waals surface area contributed by atoms with Gasteiger partial charge < -0.3 is 15.0 Å². The number of imidazole rings is 1. The molecular formula is C19H15BrN8O5. The number of carbonyl (C=O) groups excluding carboxylic acids is 1. The zero-order valence-electron chi connectivity index (χ0n) is 16.9. The number of hydrogen-bond donors (Lipinski definition) is 2. The van der Waals surface area contributed by atoms with E-state index in [0.29, 0.717) is 26.9 Å². The molecule has 0 saturated carbocycles. The second-order valence-electron chi connectivity index (χ2n) is 6.61. The van der Waals surface area contributed by atoms with E-state index >= 15 is 0 Å². The average Bonchev–Trinajstić information content (AvgIpc) is 3.36. The van der Waals surface area contributed by atoms with Crippen LogP contribution in [0.1, 0.15) is 5.56 Å². The van der Waals surface area contributed by atoms with E-state index in [1.165, 1.54) is 19.4 Å². The topological polar surface area (TPSA) is 177 Å². The maximum atomic E-state index is 12.6. The van der Waals surface area contributed by atoms with Crippen LogP contribution in [0.3, 0.4) is 0 Å². The Bertz CT molecular complexity index is 1400. The van der Waals surface area contributed by atoms with E-state index in [0.717, 1.165) is 0 Å². The van der Waals surface area contributed by atoms with Crippen molar-refractivity contribution in [1.82, 2.24) is 25.3 Å². The van der Waals surface area contributed by atoms with Gasteiger partial charge >= 0.3 is 5.69 Å². The second kappa shape index (κ2) is 9.04. The number of nitro groups is 1. The number of hydrogen-bond acceptors (Lipinski definition) is 10. The van der Waals surface area contributed by atoms with Gasteiger partial charge in [-0.2, -0.15) is 5.10 Å². The van der Waals surface area contributed by atoms with E-state index in [1.54, 1.807) is 28.8 Å². The summed E-state index contributed by atoms with van der Waals surface area (Å²) in [6, 6.07) is 10.1.